The van der Waals surface area contributed by atoms with E-state index in [1.165, 1.54) is 11.3 Å². The molecule has 0 fully saturated rings. The van der Waals surface area contributed by atoms with E-state index in [9.17, 15) is 0 Å². The largest absolute Gasteiger partial charge is 0.496 e. The fourth-order valence-electron chi connectivity index (χ4n) is 3.20. The van der Waals surface area contributed by atoms with Crippen LogP contribution in [0.1, 0.15) is 11.1 Å². The first-order valence-corrected chi connectivity index (χ1v) is 8.38. The average Bonchev–Trinajstić information content (AvgIpc) is 3.11. The van der Waals surface area contributed by atoms with Crippen molar-refractivity contribution < 1.29 is 4.74 Å². The molecule has 0 amide bonds. The highest BCUT2D eigenvalue weighted by Crippen LogP contribution is 2.33. The minimum Gasteiger partial charge on any atom is -0.496 e. The molecule has 0 aliphatic carbocycles. The number of nitrogens with one attached hydrogen (secondary N) is 1. The Hall–Kier alpha value is -3.08. The minimum atomic E-state index is 0.650. The maximum absolute atomic E-state index is 5.40. The molecule has 5 heteroatoms. The highest BCUT2D eigenvalue weighted by atomic mass is 16.5. The molecule has 3 aromatic rings. The summed E-state index contributed by atoms with van der Waals surface area (Å²) in [5.74, 6) is 2.60. The second-order valence-corrected chi connectivity index (χ2v) is 5.96. The maximum atomic E-state index is 5.40. The van der Waals surface area contributed by atoms with Crippen LogP contribution in [0.3, 0.4) is 0 Å². The van der Waals surface area contributed by atoms with Crippen LogP contribution in [0.25, 0.3) is 0 Å². The van der Waals surface area contributed by atoms with Crippen LogP contribution in [0.5, 0.6) is 5.75 Å². The summed E-state index contributed by atoms with van der Waals surface area (Å²) in [5, 5.41) is 3.37. The maximum Gasteiger partial charge on any atom is 0.138 e. The molecule has 2 heterocycles. The first-order chi connectivity index (χ1) is 12.3. The molecular formula is C20H20N4O. The summed E-state index contributed by atoms with van der Waals surface area (Å²) in [6.45, 7) is 1.60. The molecule has 1 aliphatic rings. The molecule has 0 unspecified atom stereocenters. The van der Waals surface area contributed by atoms with Gasteiger partial charge in [0.2, 0.25) is 0 Å². The van der Waals surface area contributed by atoms with Gasteiger partial charge in [-0.3, -0.25) is 0 Å². The molecule has 0 spiro atoms. The summed E-state index contributed by atoms with van der Waals surface area (Å²) in [6, 6.07) is 18.5. The van der Waals surface area contributed by atoms with Crippen molar-refractivity contribution in [3.05, 3.63) is 72.1 Å². The van der Waals surface area contributed by atoms with E-state index in [4.69, 9.17) is 4.74 Å². The lowest BCUT2D eigenvalue weighted by Crippen LogP contribution is -2.15. The van der Waals surface area contributed by atoms with Crippen LogP contribution in [0.4, 0.5) is 17.3 Å². The predicted molar refractivity (Wildman–Crippen MR) is 99.5 cm³/mol. The fourth-order valence-corrected chi connectivity index (χ4v) is 3.20. The third-order valence-electron chi connectivity index (χ3n) is 4.47. The van der Waals surface area contributed by atoms with Crippen LogP contribution in [-0.4, -0.2) is 23.6 Å². The van der Waals surface area contributed by atoms with Crippen LogP contribution < -0.4 is 15.0 Å². The molecular weight excluding hydrogens is 312 g/mol. The minimum absolute atomic E-state index is 0.650. The zero-order valence-electron chi connectivity index (χ0n) is 14.1. The molecule has 25 heavy (non-hydrogen) atoms. The number of benzene rings is 2. The van der Waals surface area contributed by atoms with Gasteiger partial charge in [-0.05, 0) is 24.1 Å². The van der Waals surface area contributed by atoms with E-state index in [-0.39, 0.29) is 0 Å². The van der Waals surface area contributed by atoms with Crippen molar-refractivity contribution in [2.45, 2.75) is 13.0 Å². The second-order valence-electron chi connectivity index (χ2n) is 5.96. The van der Waals surface area contributed by atoms with Crippen molar-refractivity contribution in [1.82, 2.24) is 9.97 Å². The van der Waals surface area contributed by atoms with Gasteiger partial charge in [0.25, 0.3) is 0 Å². The van der Waals surface area contributed by atoms with Gasteiger partial charge in [0, 0.05) is 30.4 Å². The smallest absolute Gasteiger partial charge is 0.138 e. The van der Waals surface area contributed by atoms with Gasteiger partial charge < -0.3 is 15.0 Å². The molecule has 0 bridgehead atoms. The van der Waals surface area contributed by atoms with Crippen molar-refractivity contribution in [3.63, 3.8) is 0 Å². The number of aromatic nitrogens is 2. The van der Waals surface area contributed by atoms with E-state index < -0.39 is 0 Å². The normalized spacial score (nSPS) is 12.8. The highest BCUT2D eigenvalue weighted by Gasteiger charge is 2.21. The molecule has 0 radical (unpaired) electrons. The SMILES string of the molecule is COc1ccccc1CNc1cc(N2CCc3ccccc32)ncn1. The molecule has 4 rings (SSSR count). The Kier molecular flexibility index (Phi) is 4.21. The van der Waals surface area contributed by atoms with Crippen molar-refractivity contribution in [2.75, 3.05) is 23.9 Å². The van der Waals surface area contributed by atoms with Crippen molar-refractivity contribution in [2.24, 2.45) is 0 Å². The number of methoxy groups -OCH3 is 1. The number of rotatable bonds is 5. The Morgan fingerprint density at radius 3 is 2.84 bits per heavy atom. The second kappa shape index (κ2) is 6.81. The zero-order chi connectivity index (χ0) is 17.1. The van der Waals surface area contributed by atoms with Gasteiger partial charge in [0.05, 0.1) is 7.11 Å². The Morgan fingerprint density at radius 2 is 1.92 bits per heavy atom. The number of hydrogen-bond acceptors (Lipinski definition) is 5. The Morgan fingerprint density at radius 1 is 1.08 bits per heavy atom. The van der Waals surface area contributed by atoms with Crippen LogP contribution in [0.15, 0.2) is 60.9 Å². The summed E-state index contributed by atoms with van der Waals surface area (Å²) in [7, 11) is 1.69. The lowest BCUT2D eigenvalue weighted by Gasteiger charge is -2.19. The van der Waals surface area contributed by atoms with E-state index in [2.05, 4.69) is 44.5 Å². The first-order valence-electron chi connectivity index (χ1n) is 8.38. The number of hydrogen-bond donors (Lipinski definition) is 1. The number of ether oxygens (including phenoxy) is 1. The van der Waals surface area contributed by atoms with Gasteiger partial charge in [-0.1, -0.05) is 36.4 Å². The summed E-state index contributed by atoms with van der Waals surface area (Å²) in [5.41, 5.74) is 3.69. The lowest BCUT2D eigenvalue weighted by molar-refractivity contribution is 0.410. The fraction of sp³-hybridized carbons (Fsp3) is 0.200. The molecule has 1 aliphatic heterocycles. The third-order valence-corrected chi connectivity index (χ3v) is 4.47. The summed E-state index contributed by atoms with van der Waals surface area (Å²) in [6.07, 6.45) is 2.66. The first kappa shape index (κ1) is 15.4. The molecule has 126 valence electrons. The van der Waals surface area contributed by atoms with Crippen LogP contribution >= 0.6 is 0 Å². The molecule has 1 aromatic heterocycles. The Labute approximate surface area is 147 Å². The topological polar surface area (TPSA) is 50.3 Å². The number of para-hydroxylation sites is 2. The quantitative estimate of drug-likeness (QED) is 0.770. The number of anilines is 3. The van der Waals surface area contributed by atoms with Crippen LogP contribution in [-0.2, 0) is 13.0 Å². The van der Waals surface area contributed by atoms with Gasteiger partial charge in [0.1, 0.15) is 23.7 Å². The average molecular weight is 332 g/mol. The summed E-state index contributed by atoms with van der Waals surface area (Å²) >= 11 is 0. The highest BCUT2D eigenvalue weighted by molar-refractivity contribution is 5.68. The van der Waals surface area contributed by atoms with Crippen molar-refractivity contribution in [1.29, 1.82) is 0 Å². The standard InChI is InChI=1S/C20H20N4O/c1-25-18-9-5-3-7-16(18)13-21-19-12-20(23-14-22-19)24-11-10-15-6-2-4-8-17(15)24/h2-9,12,14H,10-11,13H2,1H3,(H,21,22,23). The molecule has 1 N–H and O–H groups in total. The van der Waals surface area contributed by atoms with E-state index in [0.717, 1.165) is 35.9 Å². The molecule has 5 nitrogen and oxygen atoms in total. The van der Waals surface area contributed by atoms with Crippen LogP contribution in [0.2, 0.25) is 0 Å². The third kappa shape index (κ3) is 3.13. The summed E-state index contributed by atoms with van der Waals surface area (Å²) < 4.78 is 5.40. The van der Waals surface area contributed by atoms with Gasteiger partial charge >= 0.3 is 0 Å². The molecule has 0 saturated heterocycles. The van der Waals surface area contributed by atoms with Gasteiger partial charge in [-0.15, -0.1) is 0 Å². The number of fused-ring (bicyclic) bond motifs is 1. The molecule has 0 saturated carbocycles. The van der Waals surface area contributed by atoms with Gasteiger partial charge in [0.15, 0.2) is 0 Å². The Balaban J connectivity index is 1.53. The van der Waals surface area contributed by atoms with E-state index in [1.54, 1.807) is 13.4 Å². The summed E-state index contributed by atoms with van der Waals surface area (Å²) in [4.78, 5) is 11.0. The predicted octanol–water partition coefficient (Wildman–Crippen LogP) is 3.79. The Bertz CT molecular complexity index is 881. The van der Waals surface area contributed by atoms with Crippen LogP contribution in [0, 0.1) is 0 Å². The molecule has 2 aromatic carbocycles. The lowest BCUT2D eigenvalue weighted by atomic mass is 10.2. The van der Waals surface area contributed by atoms with Crippen molar-refractivity contribution >= 4 is 17.3 Å². The van der Waals surface area contributed by atoms with Crippen molar-refractivity contribution in [3.8, 4) is 5.75 Å². The van der Waals surface area contributed by atoms with E-state index >= 15 is 0 Å². The number of nitrogens with zero attached hydrogens (tertiary/aromatic N) is 3. The van der Waals surface area contributed by atoms with E-state index in [1.807, 2.05) is 30.3 Å². The zero-order valence-corrected chi connectivity index (χ0v) is 14.1. The van der Waals surface area contributed by atoms with E-state index in [0.29, 0.717) is 6.54 Å². The van der Waals surface area contributed by atoms with Gasteiger partial charge in [-0.2, -0.15) is 0 Å². The monoisotopic (exact) mass is 332 g/mol. The van der Waals surface area contributed by atoms with Gasteiger partial charge in [-0.25, -0.2) is 9.97 Å². The molecule has 0 atom stereocenters.